The van der Waals surface area contributed by atoms with Crippen molar-refractivity contribution in [3.8, 4) is 0 Å². The second-order valence-corrected chi connectivity index (χ2v) is 5.12. The average Bonchev–Trinajstić information content (AvgIpc) is 2.62. The van der Waals surface area contributed by atoms with Gasteiger partial charge in [0.15, 0.2) is 0 Å². The Hall–Kier alpha value is -0.870. The number of aliphatic hydroxyl groups excluding tert-OH is 1. The van der Waals surface area contributed by atoms with Crippen molar-refractivity contribution in [3.63, 3.8) is 0 Å². The van der Waals surface area contributed by atoms with Crippen LogP contribution in [0.15, 0.2) is 6.20 Å². The first-order valence-electron chi connectivity index (χ1n) is 5.85. The maximum Gasteiger partial charge on any atom is 0.0535 e. The summed E-state index contributed by atoms with van der Waals surface area (Å²) in [5, 5.41) is 19.2. The van der Waals surface area contributed by atoms with E-state index in [1.165, 1.54) is 5.56 Å². The molecule has 1 rings (SSSR count). The smallest absolute Gasteiger partial charge is 0.0535 e. The third-order valence-electron chi connectivity index (χ3n) is 2.86. The van der Waals surface area contributed by atoms with E-state index in [0.29, 0.717) is 0 Å². The minimum atomic E-state index is 0.236. The van der Waals surface area contributed by atoms with E-state index in [2.05, 4.69) is 29.4 Å². The Bertz CT molecular complexity index is 307. The number of aromatic nitrogens is 2. The predicted molar refractivity (Wildman–Crippen MR) is 65.1 cm³/mol. The fourth-order valence-corrected chi connectivity index (χ4v) is 1.74. The van der Waals surface area contributed by atoms with Gasteiger partial charge in [-0.3, -0.25) is 5.10 Å². The van der Waals surface area contributed by atoms with Crippen LogP contribution in [0.3, 0.4) is 0 Å². The number of rotatable bonds is 7. The first-order valence-corrected chi connectivity index (χ1v) is 5.85. The standard InChI is InChI=1S/C12H23N3O/c1-10-11(8-14-15-10)7-13-9-12(2,3)5-4-6-16/h8,13,16H,4-7,9H2,1-3H3,(H,14,15). The van der Waals surface area contributed by atoms with Crippen molar-refractivity contribution in [2.45, 2.75) is 40.2 Å². The van der Waals surface area contributed by atoms with E-state index in [-0.39, 0.29) is 12.0 Å². The molecule has 0 aliphatic heterocycles. The molecule has 0 amide bonds. The molecule has 4 nitrogen and oxygen atoms in total. The van der Waals surface area contributed by atoms with Gasteiger partial charge in [0.05, 0.1) is 6.20 Å². The van der Waals surface area contributed by atoms with Crippen molar-refractivity contribution in [2.24, 2.45) is 5.41 Å². The van der Waals surface area contributed by atoms with Crippen LogP contribution in [-0.4, -0.2) is 28.5 Å². The summed E-state index contributed by atoms with van der Waals surface area (Å²) in [6, 6.07) is 0. The molecule has 0 radical (unpaired) electrons. The molecule has 0 saturated carbocycles. The van der Waals surface area contributed by atoms with E-state index in [9.17, 15) is 0 Å². The molecule has 4 heteroatoms. The molecule has 0 spiro atoms. The Kier molecular flexibility index (Phi) is 4.96. The molecule has 1 heterocycles. The largest absolute Gasteiger partial charge is 0.396 e. The van der Waals surface area contributed by atoms with Gasteiger partial charge in [-0.2, -0.15) is 5.10 Å². The van der Waals surface area contributed by atoms with E-state index in [1.54, 1.807) is 0 Å². The number of aromatic amines is 1. The van der Waals surface area contributed by atoms with Crippen molar-refractivity contribution < 1.29 is 5.11 Å². The van der Waals surface area contributed by atoms with Crippen molar-refractivity contribution in [3.05, 3.63) is 17.5 Å². The molecule has 1 aromatic rings. The number of hydrogen-bond donors (Lipinski definition) is 3. The molecule has 3 N–H and O–H groups in total. The van der Waals surface area contributed by atoms with E-state index < -0.39 is 0 Å². The summed E-state index contributed by atoms with van der Waals surface area (Å²) in [7, 11) is 0. The Balaban J connectivity index is 2.27. The maximum absolute atomic E-state index is 8.81. The number of H-pyrrole nitrogens is 1. The van der Waals surface area contributed by atoms with Crippen LogP contribution in [0.25, 0.3) is 0 Å². The van der Waals surface area contributed by atoms with Gasteiger partial charge >= 0.3 is 0 Å². The van der Waals surface area contributed by atoms with Gasteiger partial charge in [-0.25, -0.2) is 0 Å². The molecule has 0 aromatic carbocycles. The molecule has 0 fully saturated rings. The fraction of sp³-hybridized carbons (Fsp3) is 0.750. The first-order chi connectivity index (χ1) is 7.55. The molecule has 0 aliphatic rings. The third kappa shape index (κ3) is 4.33. The lowest BCUT2D eigenvalue weighted by Gasteiger charge is -2.24. The monoisotopic (exact) mass is 225 g/mol. The predicted octanol–water partition coefficient (Wildman–Crippen LogP) is 1.61. The number of aryl methyl sites for hydroxylation is 1. The highest BCUT2D eigenvalue weighted by Gasteiger charge is 2.16. The lowest BCUT2D eigenvalue weighted by Crippen LogP contribution is -2.29. The molecule has 92 valence electrons. The number of hydrogen-bond acceptors (Lipinski definition) is 3. The summed E-state index contributed by atoms with van der Waals surface area (Å²) in [5.41, 5.74) is 2.58. The zero-order chi connectivity index (χ0) is 12.0. The van der Waals surface area contributed by atoms with Crippen molar-refractivity contribution in [2.75, 3.05) is 13.2 Å². The minimum Gasteiger partial charge on any atom is -0.396 e. The Morgan fingerprint density at radius 2 is 2.25 bits per heavy atom. The maximum atomic E-state index is 8.81. The lowest BCUT2D eigenvalue weighted by molar-refractivity contribution is 0.236. The fourth-order valence-electron chi connectivity index (χ4n) is 1.74. The van der Waals surface area contributed by atoms with Crippen molar-refractivity contribution >= 4 is 0 Å². The second kappa shape index (κ2) is 6.01. The molecular formula is C12H23N3O. The van der Waals surface area contributed by atoms with Crippen LogP contribution in [0.2, 0.25) is 0 Å². The molecule has 0 unspecified atom stereocenters. The first kappa shape index (κ1) is 13.2. The minimum absolute atomic E-state index is 0.236. The van der Waals surface area contributed by atoms with Gasteiger partial charge in [0.1, 0.15) is 0 Å². The van der Waals surface area contributed by atoms with E-state index in [0.717, 1.165) is 31.6 Å². The molecule has 0 aliphatic carbocycles. The Morgan fingerprint density at radius 1 is 1.50 bits per heavy atom. The van der Waals surface area contributed by atoms with E-state index in [1.807, 2.05) is 13.1 Å². The SMILES string of the molecule is Cc1[nH]ncc1CNCC(C)(C)CCCO. The summed E-state index contributed by atoms with van der Waals surface area (Å²) in [6.07, 6.45) is 3.78. The zero-order valence-corrected chi connectivity index (χ0v) is 10.5. The van der Waals surface area contributed by atoms with Gasteiger partial charge in [0.2, 0.25) is 0 Å². The third-order valence-corrected chi connectivity index (χ3v) is 2.86. The van der Waals surface area contributed by atoms with Crippen LogP contribution in [0, 0.1) is 12.3 Å². The Labute approximate surface area is 97.5 Å². The van der Waals surface area contributed by atoms with Crippen LogP contribution >= 0.6 is 0 Å². The molecule has 0 atom stereocenters. The summed E-state index contributed by atoms with van der Waals surface area (Å²) < 4.78 is 0. The van der Waals surface area contributed by atoms with Crippen LogP contribution < -0.4 is 5.32 Å². The summed E-state index contributed by atoms with van der Waals surface area (Å²) >= 11 is 0. The summed E-state index contributed by atoms with van der Waals surface area (Å²) in [4.78, 5) is 0. The van der Waals surface area contributed by atoms with Crippen LogP contribution in [0.1, 0.15) is 37.9 Å². The average molecular weight is 225 g/mol. The normalized spacial score (nSPS) is 12.0. The highest BCUT2D eigenvalue weighted by Crippen LogP contribution is 2.20. The van der Waals surface area contributed by atoms with E-state index in [4.69, 9.17) is 5.11 Å². The topological polar surface area (TPSA) is 60.9 Å². The summed E-state index contributed by atoms with van der Waals surface area (Å²) in [6.45, 7) is 8.56. The van der Waals surface area contributed by atoms with Gasteiger partial charge in [-0.05, 0) is 25.2 Å². The number of aliphatic hydroxyl groups is 1. The van der Waals surface area contributed by atoms with Crippen LogP contribution in [0.5, 0.6) is 0 Å². The molecular weight excluding hydrogens is 202 g/mol. The molecule has 16 heavy (non-hydrogen) atoms. The van der Waals surface area contributed by atoms with Gasteiger partial charge in [-0.1, -0.05) is 13.8 Å². The van der Waals surface area contributed by atoms with Gasteiger partial charge in [-0.15, -0.1) is 0 Å². The molecule has 0 saturated heterocycles. The highest BCUT2D eigenvalue weighted by molar-refractivity contribution is 5.13. The van der Waals surface area contributed by atoms with Crippen molar-refractivity contribution in [1.29, 1.82) is 0 Å². The van der Waals surface area contributed by atoms with Gasteiger partial charge in [0, 0.05) is 31.0 Å². The zero-order valence-electron chi connectivity index (χ0n) is 10.5. The number of nitrogens with zero attached hydrogens (tertiary/aromatic N) is 1. The van der Waals surface area contributed by atoms with Gasteiger partial charge < -0.3 is 10.4 Å². The summed E-state index contributed by atoms with van der Waals surface area (Å²) in [5.74, 6) is 0. The Morgan fingerprint density at radius 3 is 2.81 bits per heavy atom. The number of nitrogens with one attached hydrogen (secondary N) is 2. The van der Waals surface area contributed by atoms with Gasteiger partial charge in [0.25, 0.3) is 0 Å². The molecule has 1 aromatic heterocycles. The van der Waals surface area contributed by atoms with E-state index >= 15 is 0 Å². The lowest BCUT2D eigenvalue weighted by atomic mass is 9.88. The van der Waals surface area contributed by atoms with Crippen LogP contribution in [0.4, 0.5) is 0 Å². The van der Waals surface area contributed by atoms with Crippen molar-refractivity contribution in [1.82, 2.24) is 15.5 Å². The van der Waals surface area contributed by atoms with Crippen LogP contribution in [-0.2, 0) is 6.54 Å². The quantitative estimate of drug-likeness (QED) is 0.660. The molecule has 0 bridgehead atoms. The second-order valence-electron chi connectivity index (χ2n) is 5.12. The highest BCUT2D eigenvalue weighted by atomic mass is 16.2.